The fraction of sp³-hybridized carbons (Fsp3) is 0.111. The van der Waals surface area contributed by atoms with Gasteiger partial charge in [-0.05, 0) is 29.8 Å². The second-order valence-electron chi connectivity index (χ2n) is 5.10. The third kappa shape index (κ3) is 3.19. The highest BCUT2D eigenvalue weighted by Crippen LogP contribution is 2.25. The van der Waals surface area contributed by atoms with Gasteiger partial charge in [0.25, 0.3) is 0 Å². The van der Waals surface area contributed by atoms with Gasteiger partial charge in [0, 0.05) is 9.86 Å². The number of aromatic nitrogens is 1. The monoisotopic (exact) mass is 387 g/mol. The van der Waals surface area contributed by atoms with Crippen molar-refractivity contribution in [2.24, 2.45) is 0 Å². The number of fused-ring (bicyclic) bond motifs is 1. The van der Waals surface area contributed by atoms with E-state index >= 15 is 0 Å². The highest BCUT2D eigenvalue weighted by molar-refractivity contribution is 9.10. The van der Waals surface area contributed by atoms with E-state index < -0.39 is 12.1 Å². The van der Waals surface area contributed by atoms with Crippen LogP contribution >= 0.6 is 15.9 Å². The molecule has 0 saturated carbocycles. The first kappa shape index (κ1) is 16.3. The molecule has 0 aliphatic carbocycles. The Labute approximate surface area is 146 Å². The molecule has 3 rings (SSSR count). The molecule has 0 N–H and O–H groups in total. The Morgan fingerprint density at radius 1 is 1.08 bits per heavy atom. The van der Waals surface area contributed by atoms with Crippen molar-refractivity contribution in [3.05, 3.63) is 70.3 Å². The molecule has 0 fully saturated rings. The number of methoxy groups -OCH3 is 1. The Hall–Kier alpha value is -2.60. The molecule has 0 unspecified atom stereocenters. The molecule has 0 radical (unpaired) electrons. The third-order valence-electron chi connectivity index (χ3n) is 3.55. The van der Waals surface area contributed by atoms with Crippen LogP contribution in [-0.4, -0.2) is 23.7 Å². The molecule has 0 bridgehead atoms. The van der Waals surface area contributed by atoms with Gasteiger partial charge in [0.05, 0.1) is 12.6 Å². The second-order valence-corrected chi connectivity index (χ2v) is 6.02. The van der Waals surface area contributed by atoms with E-state index in [4.69, 9.17) is 9.47 Å². The summed E-state index contributed by atoms with van der Waals surface area (Å²) in [6, 6.07) is 16.3. The molecule has 2 aromatic carbocycles. The van der Waals surface area contributed by atoms with Crippen LogP contribution in [-0.2, 0) is 16.1 Å². The Kier molecular flexibility index (Phi) is 4.66. The van der Waals surface area contributed by atoms with Crippen LogP contribution in [0.5, 0.6) is 0 Å². The molecule has 0 atom stereocenters. The maximum atomic E-state index is 12.5. The van der Waals surface area contributed by atoms with E-state index in [1.54, 1.807) is 18.2 Å². The fourth-order valence-corrected chi connectivity index (χ4v) is 2.80. The van der Waals surface area contributed by atoms with Crippen LogP contribution in [0.15, 0.2) is 59.1 Å². The summed E-state index contributed by atoms with van der Waals surface area (Å²) < 4.78 is 12.2. The number of carbonyl (C=O) groups excluding carboxylic acids is 2. The van der Waals surface area contributed by atoms with Crippen molar-refractivity contribution in [3.63, 3.8) is 0 Å². The summed E-state index contributed by atoms with van der Waals surface area (Å²) in [5.74, 6) is -0.598. The van der Waals surface area contributed by atoms with Gasteiger partial charge in [-0.1, -0.05) is 46.3 Å². The Morgan fingerprint density at radius 3 is 2.54 bits per heavy atom. The zero-order valence-electron chi connectivity index (χ0n) is 12.9. The predicted octanol–water partition coefficient (Wildman–Crippen LogP) is 4.38. The number of rotatable bonds is 3. The van der Waals surface area contributed by atoms with Crippen LogP contribution in [0, 0.1) is 0 Å². The number of hydrogen-bond donors (Lipinski definition) is 0. The molecule has 0 aliphatic rings. The lowest BCUT2D eigenvalue weighted by Crippen LogP contribution is -2.19. The van der Waals surface area contributed by atoms with Gasteiger partial charge in [-0.3, -0.25) is 0 Å². The zero-order chi connectivity index (χ0) is 17.1. The van der Waals surface area contributed by atoms with E-state index in [2.05, 4.69) is 15.9 Å². The summed E-state index contributed by atoms with van der Waals surface area (Å²) in [6.07, 6.45) is -0.628. The third-order valence-corrected chi connectivity index (χ3v) is 4.04. The maximum absolute atomic E-state index is 12.5. The number of benzene rings is 2. The summed E-state index contributed by atoms with van der Waals surface area (Å²) in [5.41, 5.74) is 1.57. The molecular weight excluding hydrogens is 374 g/mol. The molecule has 0 aliphatic heterocycles. The van der Waals surface area contributed by atoms with Gasteiger partial charge < -0.3 is 9.47 Å². The lowest BCUT2D eigenvalue weighted by Gasteiger charge is -2.09. The molecule has 24 heavy (non-hydrogen) atoms. The minimum Gasteiger partial charge on any atom is -0.464 e. The normalized spacial score (nSPS) is 10.6. The summed E-state index contributed by atoms with van der Waals surface area (Å²) in [6.45, 7) is 0.122. The molecule has 3 aromatic rings. The quantitative estimate of drug-likeness (QED) is 0.625. The van der Waals surface area contributed by atoms with Gasteiger partial charge in [0.15, 0.2) is 0 Å². The highest BCUT2D eigenvalue weighted by Gasteiger charge is 2.22. The number of halogens is 1. The van der Waals surface area contributed by atoms with Gasteiger partial charge in [0.1, 0.15) is 12.3 Å². The summed E-state index contributed by atoms with van der Waals surface area (Å²) in [7, 11) is 1.27. The van der Waals surface area contributed by atoms with Crippen molar-refractivity contribution < 1.29 is 19.1 Å². The standard InChI is InChI=1S/C18H14BrNO4/c1-23-17(21)16-10-13-9-14(19)7-8-15(13)20(16)18(22)24-11-12-5-3-2-4-6-12/h2-10H,11H2,1H3. The van der Waals surface area contributed by atoms with Gasteiger partial charge in [-0.15, -0.1) is 0 Å². The molecular formula is C18H14BrNO4. The molecule has 0 saturated heterocycles. The first-order chi connectivity index (χ1) is 11.6. The average molecular weight is 388 g/mol. The lowest BCUT2D eigenvalue weighted by atomic mass is 10.2. The average Bonchev–Trinajstić information content (AvgIpc) is 2.98. The van der Waals surface area contributed by atoms with Crippen molar-refractivity contribution in [1.29, 1.82) is 0 Å². The number of nitrogens with zero attached hydrogens (tertiary/aromatic N) is 1. The molecule has 0 spiro atoms. The van der Waals surface area contributed by atoms with Crippen molar-refractivity contribution in [2.45, 2.75) is 6.61 Å². The van der Waals surface area contributed by atoms with E-state index in [0.29, 0.717) is 5.52 Å². The van der Waals surface area contributed by atoms with Crippen LogP contribution in [0.25, 0.3) is 10.9 Å². The predicted molar refractivity (Wildman–Crippen MR) is 93.0 cm³/mol. The second kappa shape index (κ2) is 6.88. The van der Waals surface area contributed by atoms with Crippen molar-refractivity contribution in [2.75, 3.05) is 7.11 Å². The topological polar surface area (TPSA) is 57.5 Å². The van der Waals surface area contributed by atoms with E-state index in [0.717, 1.165) is 15.4 Å². The molecule has 1 aromatic heterocycles. The molecule has 5 nitrogen and oxygen atoms in total. The summed E-state index contributed by atoms with van der Waals surface area (Å²) in [5, 5.41) is 0.737. The van der Waals surface area contributed by atoms with Crippen LogP contribution in [0.4, 0.5) is 4.79 Å². The number of hydrogen-bond acceptors (Lipinski definition) is 4. The van der Waals surface area contributed by atoms with Gasteiger partial charge >= 0.3 is 12.1 Å². The van der Waals surface area contributed by atoms with Crippen molar-refractivity contribution >= 4 is 38.9 Å². The zero-order valence-corrected chi connectivity index (χ0v) is 14.4. The number of carbonyl (C=O) groups is 2. The highest BCUT2D eigenvalue weighted by atomic mass is 79.9. The molecule has 0 amide bonds. The smallest absolute Gasteiger partial charge is 0.419 e. The molecule has 1 heterocycles. The van der Waals surface area contributed by atoms with Crippen molar-refractivity contribution in [3.8, 4) is 0 Å². The van der Waals surface area contributed by atoms with Gasteiger partial charge in [0.2, 0.25) is 0 Å². The van der Waals surface area contributed by atoms with Crippen LogP contribution in [0.2, 0.25) is 0 Å². The first-order valence-electron chi connectivity index (χ1n) is 7.20. The Balaban J connectivity index is 1.96. The van der Waals surface area contributed by atoms with E-state index in [1.165, 1.54) is 11.7 Å². The lowest BCUT2D eigenvalue weighted by molar-refractivity contribution is 0.0585. The number of ether oxygens (including phenoxy) is 2. The minimum atomic E-state index is -0.628. The maximum Gasteiger partial charge on any atom is 0.419 e. The minimum absolute atomic E-state index is 0.122. The number of esters is 1. The molecule has 122 valence electrons. The largest absolute Gasteiger partial charge is 0.464 e. The van der Waals surface area contributed by atoms with E-state index in [1.807, 2.05) is 36.4 Å². The van der Waals surface area contributed by atoms with Crippen LogP contribution in [0.1, 0.15) is 16.1 Å². The summed E-state index contributed by atoms with van der Waals surface area (Å²) in [4.78, 5) is 24.5. The summed E-state index contributed by atoms with van der Waals surface area (Å²) >= 11 is 3.38. The van der Waals surface area contributed by atoms with E-state index in [-0.39, 0.29) is 12.3 Å². The van der Waals surface area contributed by atoms with Crippen molar-refractivity contribution in [1.82, 2.24) is 4.57 Å². The molecule has 6 heteroatoms. The van der Waals surface area contributed by atoms with Crippen LogP contribution in [0.3, 0.4) is 0 Å². The van der Waals surface area contributed by atoms with Crippen LogP contribution < -0.4 is 0 Å². The van der Waals surface area contributed by atoms with Gasteiger partial charge in [-0.2, -0.15) is 0 Å². The van der Waals surface area contributed by atoms with Gasteiger partial charge in [-0.25, -0.2) is 14.2 Å². The fourth-order valence-electron chi connectivity index (χ4n) is 2.42. The van der Waals surface area contributed by atoms with E-state index in [9.17, 15) is 9.59 Å². The first-order valence-corrected chi connectivity index (χ1v) is 8.00. The Morgan fingerprint density at radius 2 is 1.83 bits per heavy atom. The Bertz CT molecular complexity index is 902. The SMILES string of the molecule is COC(=O)c1cc2cc(Br)ccc2n1C(=O)OCc1ccccc1.